The maximum Gasteiger partial charge on any atom is 0.234 e. The zero-order chi connectivity index (χ0) is 22.3. The highest BCUT2D eigenvalue weighted by atomic mass is 32.2. The van der Waals surface area contributed by atoms with E-state index in [2.05, 4.69) is 34.2 Å². The Morgan fingerprint density at radius 2 is 1.88 bits per heavy atom. The van der Waals surface area contributed by atoms with Crippen molar-refractivity contribution < 1.29 is 9.53 Å². The van der Waals surface area contributed by atoms with E-state index >= 15 is 0 Å². The van der Waals surface area contributed by atoms with E-state index in [-0.39, 0.29) is 18.3 Å². The molecule has 162 valence electrons. The molecule has 0 aliphatic carbocycles. The maximum absolute atomic E-state index is 12.4. The normalized spacial score (nSPS) is 10.8. The smallest absolute Gasteiger partial charge is 0.234 e. The topological polar surface area (TPSA) is 69.0 Å². The van der Waals surface area contributed by atoms with E-state index in [0.29, 0.717) is 17.5 Å². The summed E-state index contributed by atoms with van der Waals surface area (Å²) in [7, 11) is 0. The molecule has 0 atom stereocenters. The van der Waals surface area contributed by atoms with Gasteiger partial charge in [-0.2, -0.15) is 0 Å². The predicted molar refractivity (Wildman–Crippen MR) is 129 cm³/mol. The minimum absolute atomic E-state index is 0.0913. The Labute approximate surface area is 191 Å². The average molecular weight is 445 g/mol. The van der Waals surface area contributed by atoms with Crippen molar-refractivity contribution in [2.45, 2.75) is 25.2 Å². The lowest BCUT2D eigenvalue weighted by molar-refractivity contribution is -0.113. The third kappa shape index (κ3) is 5.18. The summed E-state index contributed by atoms with van der Waals surface area (Å²) < 4.78 is 7.89. The molecule has 4 rings (SSSR count). The monoisotopic (exact) mass is 444 g/mol. The van der Waals surface area contributed by atoms with Crippen LogP contribution in [0.3, 0.4) is 0 Å². The van der Waals surface area contributed by atoms with Crippen LogP contribution in [-0.2, 0) is 17.9 Å². The number of hydrogen-bond acceptors (Lipinski definition) is 5. The number of anilines is 1. The third-order valence-electron chi connectivity index (χ3n) is 4.95. The quantitative estimate of drug-likeness (QED) is 0.283. The number of benzene rings is 3. The highest BCUT2D eigenvalue weighted by Crippen LogP contribution is 2.23. The number of hydrogen-bond donors (Lipinski definition) is 1. The van der Waals surface area contributed by atoms with E-state index in [1.54, 1.807) is 6.08 Å². The summed E-state index contributed by atoms with van der Waals surface area (Å²) >= 11 is 1.34. The van der Waals surface area contributed by atoms with Crippen molar-refractivity contribution in [3.8, 4) is 5.75 Å². The molecule has 1 amide bonds. The highest BCUT2D eigenvalue weighted by molar-refractivity contribution is 7.99. The predicted octanol–water partition coefficient (Wildman–Crippen LogP) is 5.24. The van der Waals surface area contributed by atoms with Gasteiger partial charge in [0, 0.05) is 12.2 Å². The van der Waals surface area contributed by atoms with Gasteiger partial charge in [-0.3, -0.25) is 9.36 Å². The van der Waals surface area contributed by atoms with E-state index in [0.717, 1.165) is 27.8 Å². The number of rotatable bonds is 9. The molecule has 1 aromatic heterocycles. The fraction of sp³-hybridized carbons (Fsp3) is 0.160. The maximum atomic E-state index is 12.4. The number of thioether (sulfide) groups is 1. The molecule has 0 unspecified atom stereocenters. The molecule has 6 nitrogen and oxygen atoms in total. The van der Waals surface area contributed by atoms with Gasteiger partial charge >= 0.3 is 0 Å². The highest BCUT2D eigenvalue weighted by Gasteiger charge is 2.14. The summed E-state index contributed by atoms with van der Waals surface area (Å²) in [6, 6.07) is 21.8. The van der Waals surface area contributed by atoms with Gasteiger partial charge in [0.05, 0.1) is 5.75 Å². The second-order valence-corrected chi connectivity index (χ2v) is 8.19. The van der Waals surface area contributed by atoms with Crippen LogP contribution >= 0.6 is 11.8 Å². The third-order valence-corrected chi connectivity index (χ3v) is 5.91. The zero-order valence-corrected chi connectivity index (χ0v) is 18.6. The number of nitrogens with one attached hydrogen (secondary N) is 1. The number of allylic oxidation sites excluding steroid dienone is 1. The van der Waals surface area contributed by atoms with Crippen LogP contribution < -0.4 is 10.1 Å². The van der Waals surface area contributed by atoms with Crippen LogP contribution in [0.25, 0.3) is 10.8 Å². The molecule has 0 aliphatic heterocycles. The fourth-order valence-corrected chi connectivity index (χ4v) is 4.05. The van der Waals surface area contributed by atoms with Gasteiger partial charge in [-0.25, -0.2) is 0 Å². The molecular weight excluding hydrogens is 420 g/mol. The van der Waals surface area contributed by atoms with E-state index < -0.39 is 0 Å². The van der Waals surface area contributed by atoms with Gasteiger partial charge in [-0.1, -0.05) is 66.4 Å². The Morgan fingerprint density at radius 3 is 2.69 bits per heavy atom. The summed E-state index contributed by atoms with van der Waals surface area (Å²) in [5, 5.41) is 14.4. The molecular formula is C25H24N4O2S. The molecule has 0 saturated heterocycles. The van der Waals surface area contributed by atoms with Crippen molar-refractivity contribution in [3.05, 3.63) is 90.8 Å². The van der Waals surface area contributed by atoms with Gasteiger partial charge in [-0.05, 0) is 41.5 Å². The first-order valence-corrected chi connectivity index (χ1v) is 11.3. The van der Waals surface area contributed by atoms with Gasteiger partial charge in [0.2, 0.25) is 5.91 Å². The Hall–Kier alpha value is -3.58. The summed E-state index contributed by atoms with van der Waals surface area (Å²) in [4.78, 5) is 12.4. The number of para-hydroxylation sites is 1. The van der Waals surface area contributed by atoms with Gasteiger partial charge in [0.1, 0.15) is 12.4 Å². The Bertz CT molecular complexity index is 1250. The van der Waals surface area contributed by atoms with Crippen molar-refractivity contribution in [1.29, 1.82) is 0 Å². The van der Waals surface area contributed by atoms with Crippen molar-refractivity contribution in [3.63, 3.8) is 0 Å². The second kappa shape index (κ2) is 10.2. The lowest BCUT2D eigenvalue weighted by atomic mass is 10.1. The molecule has 32 heavy (non-hydrogen) atoms. The number of aromatic nitrogens is 3. The van der Waals surface area contributed by atoms with E-state index in [9.17, 15) is 4.79 Å². The molecule has 7 heteroatoms. The molecule has 0 saturated carbocycles. The molecule has 1 N–H and O–H groups in total. The molecule has 0 fully saturated rings. The molecule has 3 aromatic carbocycles. The van der Waals surface area contributed by atoms with Crippen LogP contribution in [0, 0.1) is 6.92 Å². The van der Waals surface area contributed by atoms with Crippen LogP contribution in [-0.4, -0.2) is 26.4 Å². The summed E-state index contributed by atoms with van der Waals surface area (Å²) in [5.74, 6) is 1.59. The standard InChI is InChI=1S/C25H24N4O2S/c1-3-14-29-23(16-31-21-13-12-19-9-5-6-10-20(19)15-21)27-28-25(29)32-17-24(30)26-22-11-7-4-8-18(22)2/h3-13,15H,1,14,16-17H2,2H3,(H,26,30). The van der Waals surface area contributed by atoms with Gasteiger partial charge in [0.15, 0.2) is 11.0 Å². The number of carbonyl (C=O) groups is 1. The Morgan fingerprint density at radius 1 is 1.09 bits per heavy atom. The fourth-order valence-electron chi connectivity index (χ4n) is 3.28. The first-order chi connectivity index (χ1) is 15.6. The van der Waals surface area contributed by atoms with Crippen LogP contribution in [0.2, 0.25) is 0 Å². The minimum atomic E-state index is -0.0913. The SMILES string of the molecule is C=CCn1c(COc2ccc3ccccc3c2)nnc1SCC(=O)Nc1ccccc1C. The van der Waals surface area contributed by atoms with Crippen molar-refractivity contribution in [1.82, 2.24) is 14.8 Å². The molecule has 0 aliphatic rings. The number of aryl methyl sites for hydroxylation is 1. The van der Waals surface area contributed by atoms with Crippen molar-refractivity contribution in [2.75, 3.05) is 11.1 Å². The van der Waals surface area contributed by atoms with Gasteiger partial charge in [0.25, 0.3) is 0 Å². The lowest BCUT2D eigenvalue weighted by Gasteiger charge is -2.10. The zero-order valence-electron chi connectivity index (χ0n) is 17.8. The Kier molecular flexibility index (Phi) is 6.87. The van der Waals surface area contributed by atoms with Crippen LogP contribution in [0.1, 0.15) is 11.4 Å². The molecule has 0 spiro atoms. The van der Waals surface area contributed by atoms with E-state index in [1.165, 1.54) is 11.8 Å². The molecule has 4 aromatic rings. The molecule has 1 heterocycles. The number of fused-ring (bicyclic) bond motifs is 1. The van der Waals surface area contributed by atoms with Crippen LogP contribution in [0.15, 0.2) is 84.5 Å². The number of carbonyl (C=O) groups excluding carboxylic acids is 1. The minimum Gasteiger partial charge on any atom is -0.486 e. The van der Waals surface area contributed by atoms with E-state index in [4.69, 9.17) is 4.74 Å². The first-order valence-electron chi connectivity index (χ1n) is 10.3. The number of amides is 1. The van der Waals surface area contributed by atoms with Crippen molar-refractivity contribution in [2.24, 2.45) is 0 Å². The lowest BCUT2D eigenvalue weighted by Crippen LogP contribution is -2.15. The van der Waals surface area contributed by atoms with E-state index in [1.807, 2.05) is 66.1 Å². The molecule has 0 bridgehead atoms. The Balaban J connectivity index is 1.40. The summed E-state index contributed by atoms with van der Waals surface area (Å²) in [5.41, 5.74) is 1.84. The average Bonchev–Trinajstić information content (AvgIpc) is 3.19. The van der Waals surface area contributed by atoms with Gasteiger partial charge in [-0.15, -0.1) is 16.8 Å². The van der Waals surface area contributed by atoms with Gasteiger partial charge < -0.3 is 10.1 Å². The largest absolute Gasteiger partial charge is 0.486 e. The molecule has 0 radical (unpaired) electrons. The number of nitrogens with zero attached hydrogens (tertiary/aromatic N) is 3. The summed E-state index contributed by atoms with van der Waals surface area (Å²) in [6.45, 7) is 6.59. The van der Waals surface area contributed by atoms with Crippen molar-refractivity contribution >= 4 is 34.1 Å². The van der Waals surface area contributed by atoms with Crippen LogP contribution in [0.5, 0.6) is 5.75 Å². The number of ether oxygens (including phenoxy) is 1. The van der Waals surface area contributed by atoms with Crippen LogP contribution in [0.4, 0.5) is 5.69 Å². The second-order valence-electron chi connectivity index (χ2n) is 7.25. The summed E-state index contributed by atoms with van der Waals surface area (Å²) in [6.07, 6.45) is 1.78. The first kappa shape index (κ1) is 21.6.